The van der Waals surface area contributed by atoms with Crippen LogP contribution in [-0.2, 0) is 35.2 Å². The second-order valence-electron chi connectivity index (χ2n) is 20.5. The lowest BCUT2D eigenvalue weighted by molar-refractivity contribution is -0.144. The van der Waals surface area contributed by atoms with Crippen molar-refractivity contribution in [3.8, 4) is 21.7 Å². The number of carbonyl (C=O) groups is 5. The molecule has 3 atom stereocenters. The average molecular weight is 1060 g/mol. The summed E-state index contributed by atoms with van der Waals surface area (Å²) in [6.07, 6.45) is 8.43. The lowest BCUT2D eigenvalue weighted by atomic mass is 9.85. The van der Waals surface area contributed by atoms with Gasteiger partial charge in [-0.15, -0.1) is 11.3 Å². The number of H-pyrrole nitrogens is 1. The van der Waals surface area contributed by atoms with Crippen LogP contribution in [0.5, 0.6) is 0 Å². The molecular formula is C53H64FN13O8S. The second-order valence-corrected chi connectivity index (χ2v) is 21.3. The summed E-state index contributed by atoms with van der Waals surface area (Å²) < 4.78 is 28.7. The summed E-state index contributed by atoms with van der Waals surface area (Å²) in [5.41, 5.74) is 7.41. The maximum absolute atomic E-state index is 15.6. The lowest BCUT2D eigenvalue weighted by Gasteiger charge is -2.35. The van der Waals surface area contributed by atoms with E-state index >= 15 is 4.39 Å². The highest BCUT2D eigenvalue weighted by molar-refractivity contribution is 7.13. The molecule has 3 fully saturated rings. The first-order chi connectivity index (χ1) is 36.6. The molecule has 6 heterocycles. The second kappa shape index (κ2) is 23.8. The van der Waals surface area contributed by atoms with Crippen LogP contribution in [-0.4, -0.2) is 169 Å². The van der Waals surface area contributed by atoms with Crippen molar-refractivity contribution in [1.29, 1.82) is 0 Å². The highest BCUT2D eigenvalue weighted by atomic mass is 32.1. The first kappa shape index (κ1) is 53.6. The monoisotopic (exact) mass is 1060 g/mol. The number of imidazole rings is 1. The summed E-state index contributed by atoms with van der Waals surface area (Å²) in [4.78, 5) is 86.4. The quantitative estimate of drug-likeness (QED) is 0.0557. The Bertz CT molecular complexity index is 3020. The number of hydrogen-bond donors (Lipinski definition) is 6. The zero-order chi connectivity index (χ0) is 53.5. The Morgan fingerprint density at radius 2 is 1.71 bits per heavy atom. The van der Waals surface area contributed by atoms with Gasteiger partial charge < -0.3 is 45.6 Å². The molecule has 0 bridgehead atoms. The Kier molecular flexibility index (Phi) is 16.8. The van der Waals surface area contributed by atoms with Crippen molar-refractivity contribution in [3.05, 3.63) is 101 Å². The Balaban J connectivity index is 0.648. The molecule has 3 aliphatic rings. The van der Waals surface area contributed by atoms with E-state index in [1.54, 1.807) is 46.4 Å². The minimum absolute atomic E-state index is 0.0432. The summed E-state index contributed by atoms with van der Waals surface area (Å²) in [5, 5.41) is 29.1. The van der Waals surface area contributed by atoms with E-state index in [-0.39, 0.29) is 82.1 Å². The van der Waals surface area contributed by atoms with E-state index in [1.165, 1.54) is 17.0 Å². The van der Waals surface area contributed by atoms with Crippen LogP contribution in [0.4, 0.5) is 15.9 Å². The van der Waals surface area contributed by atoms with Gasteiger partial charge in [0.1, 0.15) is 24.5 Å². The summed E-state index contributed by atoms with van der Waals surface area (Å²) in [6, 6.07) is 10.2. The number of halogens is 1. The molecule has 2 aromatic carbocycles. The van der Waals surface area contributed by atoms with Crippen LogP contribution in [0, 0.1) is 18.2 Å². The molecular weight excluding hydrogens is 998 g/mol. The zero-order valence-electron chi connectivity index (χ0n) is 43.0. The molecule has 21 nitrogen and oxygen atoms in total. The molecule has 2 saturated heterocycles. The highest BCUT2D eigenvalue weighted by Gasteiger charge is 2.44. The van der Waals surface area contributed by atoms with E-state index in [0.29, 0.717) is 43.6 Å². The largest absolute Gasteiger partial charge is 0.391 e. The minimum atomic E-state index is -1.00. The Labute approximate surface area is 443 Å². The molecule has 6 N–H and O–H groups in total. The molecule has 5 amide bonds. The molecule has 6 aromatic rings. The van der Waals surface area contributed by atoms with Crippen LogP contribution in [0.3, 0.4) is 0 Å². The molecule has 0 spiro atoms. The lowest BCUT2D eigenvalue weighted by Crippen LogP contribution is -2.58. The van der Waals surface area contributed by atoms with Crippen molar-refractivity contribution >= 4 is 58.0 Å². The number of carbonyl (C=O) groups excluding carboxylic acids is 5. The number of nitrogens with one attached hydrogen (secondary N) is 5. The van der Waals surface area contributed by atoms with Crippen molar-refractivity contribution in [2.45, 2.75) is 77.6 Å². The summed E-state index contributed by atoms with van der Waals surface area (Å²) >= 11 is 1.56. The number of anilines is 2. The van der Waals surface area contributed by atoms with Crippen LogP contribution < -0.4 is 21.3 Å². The number of nitrogens with zero attached hydrogens (tertiary/aromatic N) is 8. The third kappa shape index (κ3) is 13.1. The molecule has 23 heteroatoms. The number of amides is 5. The SMILES string of the molecule is Cc1ncsc1-c1ccc(CNC(=O)[C@@H]2C[C@@H](O)CN2C(=O)[C@@H](NC(=O)COCCOCCNC(=O)CN2CCN(C(=O)c3ccc(Nc4nc(C5CC5)cn5c(-c6cn[nH]c6)cnc45)c(F)c3)CC2)C(C)(C)C)cc1. The molecule has 2 aliphatic heterocycles. The third-order valence-electron chi connectivity index (χ3n) is 13.7. The smallest absolute Gasteiger partial charge is 0.254 e. The minimum Gasteiger partial charge on any atom is -0.391 e. The average Bonchev–Trinajstić information content (AvgIpc) is 3.74. The number of thiazole rings is 1. The Hall–Kier alpha value is -7.18. The number of aromatic amines is 1. The molecule has 9 rings (SSSR count). The van der Waals surface area contributed by atoms with Gasteiger partial charge in [-0.3, -0.25) is 38.4 Å². The number of hydrogen-bond acceptors (Lipinski definition) is 15. The number of piperazine rings is 1. The number of likely N-dealkylation sites (tertiary alicyclic amines) is 1. The molecule has 1 saturated carbocycles. The van der Waals surface area contributed by atoms with Crippen molar-refractivity contribution in [2.24, 2.45) is 5.41 Å². The maximum atomic E-state index is 15.6. The summed E-state index contributed by atoms with van der Waals surface area (Å²) in [7, 11) is 0. The van der Waals surface area contributed by atoms with Crippen LogP contribution in [0.2, 0.25) is 0 Å². The standard InChI is InChI=1S/C53H64FN13O8S/c1-32-46(76-31-58-32)35-7-5-33(6-8-35)23-57-50(71)42-22-38(68)27-67(42)52(73)47(53(2,3)4)63-45(70)30-75-20-19-74-18-13-55-44(69)29-64-14-16-65(17-15-64)51(72)36-11-12-40(39(54)21-36)61-48-49-56-26-43(37-24-59-60-25-37)66(49)28-41(62-48)34-9-10-34/h5-8,11-12,21,24-26,28,31,34,38,42,47,68H,9-10,13-20,22-23,27,29-30H2,1-4H3,(H,55,69)(H,57,71)(H,59,60)(H,61,62)(H,63,70)/t38-,42+,47-/m1/s1. The number of β-amino-alcohol motifs (C(OH)–C–C–N with tert-alkyl or cyclic N) is 1. The van der Waals surface area contributed by atoms with Gasteiger partial charge in [-0.2, -0.15) is 5.10 Å². The van der Waals surface area contributed by atoms with Crippen LogP contribution in [0.1, 0.15) is 73.3 Å². The van der Waals surface area contributed by atoms with Gasteiger partial charge in [-0.05, 0) is 54.5 Å². The molecule has 1 aliphatic carbocycles. The van der Waals surface area contributed by atoms with E-state index in [4.69, 9.17) is 14.5 Å². The van der Waals surface area contributed by atoms with Crippen molar-refractivity contribution < 1.29 is 42.9 Å². The number of benzene rings is 2. The van der Waals surface area contributed by atoms with E-state index in [1.807, 2.05) is 67.5 Å². The van der Waals surface area contributed by atoms with Gasteiger partial charge in [0.15, 0.2) is 11.5 Å². The van der Waals surface area contributed by atoms with Crippen LogP contribution in [0.15, 0.2) is 72.8 Å². The van der Waals surface area contributed by atoms with Crippen LogP contribution in [0.25, 0.3) is 27.3 Å². The van der Waals surface area contributed by atoms with E-state index < -0.39 is 47.1 Å². The maximum Gasteiger partial charge on any atom is 0.254 e. The number of rotatable bonds is 21. The van der Waals surface area contributed by atoms with Crippen molar-refractivity contribution in [3.63, 3.8) is 0 Å². The number of aliphatic hydroxyl groups is 1. The zero-order valence-corrected chi connectivity index (χ0v) is 43.8. The highest BCUT2D eigenvalue weighted by Crippen LogP contribution is 2.41. The van der Waals surface area contributed by atoms with Gasteiger partial charge in [0, 0.05) is 81.7 Å². The van der Waals surface area contributed by atoms with Gasteiger partial charge in [-0.25, -0.2) is 19.3 Å². The number of fused-ring (bicyclic) bond motifs is 1. The van der Waals surface area contributed by atoms with Gasteiger partial charge in [-0.1, -0.05) is 45.0 Å². The summed E-state index contributed by atoms with van der Waals surface area (Å²) in [5.74, 6) is -1.76. The van der Waals surface area contributed by atoms with Crippen LogP contribution >= 0.6 is 11.3 Å². The predicted octanol–water partition coefficient (Wildman–Crippen LogP) is 4.03. The topological polar surface area (TPSA) is 254 Å². The molecule has 0 unspecified atom stereocenters. The van der Waals surface area contributed by atoms with Crippen molar-refractivity contribution in [2.75, 3.05) is 77.6 Å². The fourth-order valence-electron chi connectivity index (χ4n) is 9.33. The van der Waals surface area contributed by atoms with Gasteiger partial charge in [0.25, 0.3) is 5.91 Å². The Morgan fingerprint density at radius 1 is 0.934 bits per heavy atom. The van der Waals surface area contributed by atoms with E-state index in [2.05, 4.69) is 41.4 Å². The fourth-order valence-corrected chi connectivity index (χ4v) is 10.1. The number of aliphatic hydroxyl groups excluding tert-OH is 1. The number of aryl methyl sites for hydroxylation is 1. The molecule has 76 heavy (non-hydrogen) atoms. The van der Waals surface area contributed by atoms with Gasteiger partial charge >= 0.3 is 0 Å². The van der Waals surface area contributed by atoms with Crippen molar-refractivity contribution in [1.82, 2.24) is 60.2 Å². The fraction of sp³-hybridized carbons (Fsp3) is 0.453. The summed E-state index contributed by atoms with van der Waals surface area (Å²) in [6.45, 7) is 9.69. The van der Waals surface area contributed by atoms with E-state index in [9.17, 15) is 29.1 Å². The van der Waals surface area contributed by atoms with E-state index in [0.717, 1.165) is 51.5 Å². The third-order valence-corrected chi connectivity index (χ3v) is 14.7. The van der Waals surface area contributed by atoms with Gasteiger partial charge in [0.2, 0.25) is 23.6 Å². The molecule has 0 radical (unpaired) electrons. The van der Waals surface area contributed by atoms with Gasteiger partial charge in [0.05, 0.1) is 78.0 Å². The number of ether oxygens (including phenoxy) is 2. The molecule has 402 valence electrons. The normalized spacial score (nSPS) is 17.4. The predicted molar refractivity (Wildman–Crippen MR) is 281 cm³/mol. The number of aromatic nitrogens is 6. The Morgan fingerprint density at radius 3 is 2.41 bits per heavy atom. The molecule has 4 aromatic heterocycles. The first-order valence-electron chi connectivity index (χ1n) is 25.5. The first-order valence-corrected chi connectivity index (χ1v) is 26.4.